The number of ether oxygens (including phenoxy) is 1. The number of nitrogens with zero attached hydrogens (tertiary/aromatic N) is 1. The Kier molecular flexibility index (Phi) is 4.26. The SMILES string of the molecule is COC(=O)c1ccnc2ccc(Br)cc12.Cl. The first-order valence-electron chi connectivity index (χ1n) is 4.35. The third kappa shape index (κ3) is 2.33. The van der Waals surface area contributed by atoms with Crippen molar-refractivity contribution < 1.29 is 9.53 Å². The van der Waals surface area contributed by atoms with Gasteiger partial charge in [-0.2, -0.15) is 0 Å². The second kappa shape index (κ2) is 5.27. The Bertz CT molecular complexity index is 530. The number of aromatic nitrogens is 1. The first kappa shape index (κ1) is 12.9. The zero-order valence-electron chi connectivity index (χ0n) is 8.44. The van der Waals surface area contributed by atoms with Crippen LogP contribution in [0, 0.1) is 0 Å². The predicted octanol–water partition coefficient (Wildman–Crippen LogP) is 3.21. The van der Waals surface area contributed by atoms with E-state index in [0.29, 0.717) is 5.56 Å². The molecular formula is C11H9BrClNO2. The van der Waals surface area contributed by atoms with E-state index in [0.717, 1.165) is 15.4 Å². The smallest absolute Gasteiger partial charge is 0.338 e. The number of halogens is 2. The molecule has 5 heteroatoms. The molecule has 84 valence electrons. The van der Waals surface area contributed by atoms with Crippen LogP contribution in [0.2, 0.25) is 0 Å². The minimum absolute atomic E-state index is 0. The maximum atomic E-state index is 11.5. The Morgan fingerprint density at radius 2 is 2.12 bits per heavy atom. The average Bonchev–Trinajstić information content (AvgIpc) is 2.27. The van der Waals surface area contributed by atoms with E-state index < -0.39 is 0 Å². The molecule has 0 saturated heterocycles. The van der Waals surface area contributed by atoms with Gasteiger partial charge in [0.15, 0.2) is 0 Å². The van der Waals surface area contributed by atoms with Crippen molar-refractivity contribution in [3.05, 3.63) is 40.5 Å². The van der Waals surface area contributed by atoms with Crippen molar-refractivity contribution in [2.45, 2.75) is 0 Å². The fourth-order valence-corrected chi connectivity index (χ4v) is 1.77. The third-order valence-corrected chi connectivity index (χ3v) is 2.60. The molecule has 3 nitrogen and oxygen atoms in total. The van der Waals surface area contributed by atoms with Gasteiger partial charge in [-0.05, 0) is 24.3 Å². The summed E-state index contributed by atoms with van der Waals surface area (Å²) in [4.78, 5) is 15.6. The quantitative estimate of drug-likeness (QED) is 0.759. The number of carbonyl (C=O) groups excluding carboxylic acids is 1. The minimum Gasteiger partial charge on any atom is -0.465 e. The highest BCUT2D eigenvalue weighted by molar-refractivity contribution is 9.10. The molecule has 0 unspecified atom stereocenters. The summed E-state index contributed by atoms with van der Waals surface area (Å²) in [7, 11) is 1.37. The monoisotopic (exact) mass is 301 g/mol. The number of hydrogen-bond donors (Lipinski definition) is 0. The summed E-state index contributed by atoms with van der Waals surface area (Å²) in [6.45, 7) is 0. The Balaban J connectivity index is 0.00000128. The van der Waals surface area contributed by atoms with Gasteiger partial charge in [-0.25, -0.2) is 4.79 Å². The highest BCUT2D eigenvalue weighted by Crippen LogP contribution is 2.21. The van der Waals surface area contributed by atoms with Crippen LogP contribution in [-0.2, 0) is 4.74 Å². The fraction of sp³-hybridized carbons (Fsp3) is 0.0909. The molecule has 0 spiro atoms. The van der Waals surface area contributed by atoms with Crippen LogP contribution in [-0.4, -0.2) is 18.1 Å². The van der Waals surface area contributed by atoms with Crippen molar-refractivity contribution in [3.8, 4) is 0 Å². The zero-order valence-corrected chi connectivity index (χ0v) is 10.8. The van der Waals surface area contributed by atoms with Crippen LogP contribution in [0.1, 0.15) is 10.4 Å². The number of carbonyl (C=O) groups is 1. The van der Waals surface area contributed by atoms with Crippen molar-refractivity contribution in [2.24, 2.45) is 0 Å². The van der Waals surface area contributed by atoms with Gasteiger partial charge in [0.2, 0.25) is 0 Å². The number of esters is 1. The Hall–Kier alpha value is -1.13. The lowest BCUT2D eigenvalue weighted by Gasteiger charge is -2.03. The van der Waals surface area contributed by atoms with E-state index in [2.05, 4.69) is 20.9 Å². The van der Waals surface area contributed by atoms with Crippen molar-refractivity contribution >= 4 is 45.2 Å². The van der Waals surface area contributed by atoms with Gasteiger partial charge in [-0.3, -0.25) is 4.98 Å². The number of benzene rings is 1. The van der Waals surface area contributed by atoms with Crippen LogP contribution >= 0.6 is 28.3 Å². The first-order chi connectivity index (χ1) is 7.22. The lowest BCUT2D eigenvalue weighted by atomic mass is 10.1. The van der Waals surface area contributed by atoms with Crippen LogP contribution in [0.25, 0.3) is 10.9 Å². The molecule has 0 fully saturated rings. The fourth-order valence-electron chi connectivity index (χ4n) is 1.41. The number of pyridine rings is 1. The van der Waals surface area contributed by atoms with Crippen LogP contribution in [0.5, 0.6) is 0 Å². The summed E-state index contributed by atoms with van der Waals surface area (Å²) in [5.74, 6) is -0.347. The lowest BCUT2D eigenvalue weighted by Crippen LogP contribution is -2.02. The molecule has 0 radical (unpaired) electrons. The van der Waals surface area contributed by atoms with Gasteiger partial charge in [0.25, 0.3) is 0 Å². The van der Waals surface area contributed by atoms with E-state index in [4.69, 9.17) is 4.74 Å². The van der Waals surface area contributed by atoms with Gasteiger partial charge in [-0.15, -0.1) is 12.4 Å². The van der Waals surface area contributed by atoms with Crippen molar-refractivity contribution in [1.29, 1.82) is 0 Å². The van der Waals surface area contributed by atoms with E-state index in [1.54, 1.807) is 12.3 Å². The number of methoxy groups -OCH3 is 1. The number of hydrogen-bond acceptors (Lipinski definition) is 3. The minimum atomic E-state index is -0.347. The topological polar surface area (TPSA) is 39.2 Å². The molecule has 0 amide bonds. The Labute approximate surface area is 107 Å². The summed E-state index contributed by atoms with van der Waals surface area (Å²) in [6.07, 6.45) is 1.60. The van der Waals surface area contributed by atoms with E-state index in [1.165, 1.54) is 7.11 Å². The second-order valence-electron chi connectivity index (χ2n) is 3.01. The normalized spacial score (nSPS) is 9.62. The molecule has 1 aromatic heterocycles. The molecule has 0 aliphatic rings. The van der Waals surface area contributed by atoms with Crippen molar-refractivity contribution in [2.75, 3.05) is 7.11 Å². The summed E-state index contributed by atoms with van der Waals surface area (Å²) >= 11 is 3.36. The molecule has 16 heavy (non-hydrogen) atoms. The Morgan fingerprint density at radius 1 is 1.38 bits per heavy atom. The first-order valence-corrected chi connectivity index (χ1v) is 5.14. The van der Waals surface area contributed by atoms with Gasteiger partial charge in [-0.1, -0.05) is 15.9 Å². The van der Waals surface area contributed by atoms with Crippen LogP contribution in [0.4, 0.5) is 0 Å². The predicted molar refractivity (Wildman–Crippen MR) is 68.0 cm³/mol. The maximum Gasteiger partial charge on any atom is 0.338 e. The molecule has 2 aromatic rings. The molecule has 0 bridgehead atoms. The average molecular weight is 303 g/mol. The van der Waals surface area contributed by atoms with Gasteiger partial charge in [0, 0.05) is 16.1 Å². The van der Waals surface area contributed by atoms with Crippen LogP contribution in [0.3, 0.4) is 0 Å². The molecule has 0 saturated carbocycles. The van der Waals surface area contributed by atoms with Crippen molar-refractivity contribution in [1.82, 2.24) is 4.98 Å². The van der Waals surface area contributed by atoms with Crippen LogP contribution in [0.15, 0.2) is 34.9 Å². The van der Waals surface area contributed by atoms with E-state index in [1.807, 2.05) is 18.2 Å². The highest BCUT2D eigenvalue weighted by atomic mass is 79.9. The highest BCUT2D eigenvalue weighted by Gasteiger charge is 2.10. The second-order valence-corrected chi connectivity index (χ2v) is 3.93. The summed E-state index contributed by atoms with van der Waals surface area (Å²) in [5, 5.41) is 0.790. The van der Waals surface area contributed by atoms with E-state index >= 15 is 0 Å². The standard InChI is InChI=1S/C11H8BrNO2.ClH/c1-15-11(14)8-4-5-13-10-3-2-7(12)6-9(8)10;/h2-6H,1H3;1H. The molecule has 0 N–H and O–H groups in total. The van der Waals surface area contributed by atoms with Gasteiger partial charge >= 0.3 is 5.97 Å². The maximum absolute atomic E-state index is 11.5. The Morgan fingerprint density at radius 3 is 2.81 bits per heavy atom. The lowest BCUT2D eigenvalue weighted by molar-refractivity contribution is 0.0603. The summed E-state index contributed by atoms with van der Waals surface area (Å²) in [6, 6.07) is 7.25. The van der Waals surface area contributed by atoms with Crippen molar-refractivity contribution in [3.63, 3.8) is 0 Å². The molecule has 0 atom stereocenters. The molecule has 1 heterocycles. The number of rotatable bonds is 1. The molecular weight excluding hydrogens is 293 g/mol. The largest absolute Gasteiger partial charge is 0.465 e. The molecule has 2 rings (SSSR count). The van der Waals surface area contributed by atoms with Crippen LogP contribution < -0.4 is 0 Å². The van der Waals surface area contributed by atoms with Gasteiger partial charge in [0.05, 0.1) is 18.2 Å². The zero-order chi connectivity index (χ0) is 10.8. The van der Waals surface area contributed by atoms with E-state index in [9.17, 15) is 4.79 Å². The third-order valence-electron chi connectivity index (χ3n) is 2.11. The number of fused-ring (bicyclic) bond motifs is 1. The van der Waals surface area contributed by atoms with Gasteiger partial charge < -0.3 is 4.74 Å². The summed E-state index contributed by atoms with van der Waals surface area (Å²) in [5.41, 5.74) is 1.31. The molecule has 1 aromatic carbocycles. The van der Waals surface area contributed by atoms with Gasteiger partial charge in [0.1, 0.15) is 0 Å². The molecule has 0 aliphatic carbocycles. The van der Waals surface area contributed by atoms with E-state index in [-0.39, 0.29) is 18.4 Å². The molecule has 0 aliphatic heterocycles. The summed E-state index contributed by atoms with van der Waals surface area (Å²) < 4.78 is 5.61.